The first kappa shape index (κ1) is 23.9. The van der Waals surface area contributed by atoms with E-state index in [0.717, 1.165) is 29.8 Å². The van der Waals surface area contributed by atoms with Crippen LogP contribution in [0, 0.1) is 12.7 Å². The second-order valence-electron chi connectivity index (χ2n) is 7.85. The molecular weight excluding hydrogens is 409 g/mol. The van der Waals surface area contributed by atoms with E-state index in [1.54, 1.807) is 23.9 Å². The quantitative estimate of drug-likeness (QED) is 0.441. The van der Waals surface area contributed by atoms with E-state index < -0.39 is 6.10 Å². The average molecular weight is 442 g/mol. The fraction of sp³-hybridized carbons (Fsp3) is 0.400. The third-order valence-corrected chi connectivity index (χ3v) is 5.23. The summed E-state index contributed by atoms with van der Waals surface area (Å²) >= 11 is 0. The van der Waals surface area contributed by atoms with Gasteiger partial charge in [0, 0.05) is 32.8 Å². The summed E-state index contributed by atoms with van der Waals surface area (Å²) in [5.41, 5.74) is 2.55. The van der Waals surface area contributed by atoms with E-state index in [9.17, 15) is 9.50 Å². The molecule has 0 fully saturated rings. The summed E-state index contributed by atoms with van der Waals surface area (Å²) in [6.07, 6.45) is 1.23. The van der Waals surface area contributed by atoms with Crippen molar-refractivity contribution in [2.24, 2.45) is 0 Å². The van der Waals surface area contributed by atoms with Crippen LogP contribution in [-0.2, 0) is 11.3 Å². The van der Waals surface area contributed by atoms with Crippen LogP contribution in [0.25, 0.3) is 5.69 Å². The zero-order valence-electron chi connectivity index (χ0n) is 19.0. The van der Waals surface area contributed by atoms with Crippen LogP contribution in [0.1, 0.15) is 31.0 Å². The van der Waals surface area contributed by atoms with Crippen molar-refractivity contribution in [2.45, 2.75) is 39.3 Å². The molecular formula is C25H32FN3O3. The molecule has 0 aliphatic heterocycles. The number of halogens is 1. The summed E-state index contributed by atoms with van der Waals surface area (Å²) in [5.74, 6) is 0.570. The molecule has 0 saturated heterocycles. The molecule has 0 aliphatic rings. The molecule has 32 heavy (non-hydrogen) atoms. The number of rotatable bonds is 12. The molecule has 0 saturated carbocycles. The molecule has 172 valence electrons. The molecule has 0 amide bonds. The largest absolute Gasteiger partial charge is 0.438 e. The molecule has 1 aromatic heterocycles. The summed E-state index contributed by atoms with van der Waals surface area (Å²) in [5, 5.41) is 15.1. The van der Waals surface area contributed by atoms with Crippen LogP contribution in [-0.4, -0.2) is 52.7 Å². The van der Waals surface area contributed by atoms with Crippen molar-refractivity contribution in [1.82, 2.24) is 14.7 Å². The van der Waals surface area contributed by atoms with Crippen LogP contribution in [0.15, 0.2) is 54.6 Å². The predicted octanol–water partition coefficient (Wildman–Crippen LogP) is 4.72. The predicted molar refractivity (Wildman–Crippen MR) is 123 cm³/mol. The maximum Gasteiger partial charge on any atom is 0.227 e. The number of aryl methyl sites for hydroxylation is 1. The zero-order chi connectivity index (χ0) is 22.9. The van der Waals surface area contributed by atoms with E-state index in [2.05, 4.69) is 11.8 Å². The highest BCUT2D eigenvalue weighted by molar-refractivity contribution is 5.43. The van der Waals surface area contributed by atoms with Crippen molar-refractivity contribution in [3.63, 3.8) is 0 Å². The summed E-state index contributed by atoms with van der Waals surface area (Å²) in [6, 6.07) is 15.8. The van der Waals surface area contributed by atoms with Gasteiger partial charge in [-0.3, -0.25) is 4.90 Å². The molecule has 0 radical (unpaired) electrons. The van der Waals surface area contributed by atoms with Crippen LogP contribution in [0.2, 0.25) is 0 Å². The fourth-order valence-corrected chi connectivity index (χ4v) is 3.61. The van der Waals surface area contributed by atoms with E-state index in [0.29, 0.717) is 37.9 Å². The lowest BCUT2D eigenvalue weighted by Gasteiger charge is -2.25. The number of hydrogen-bond acceptors (Lipinski definition) is 5. The molecule has 7 heteroatoms. The van der Waals surface area contributed by atoms with Gasteiger partial charge in [0.1, 0.15) is 11.6 Å². The average Bonchev–Trinajstić information content (AvgIpc) is 3.08. The van der Waals surface area contributed by atoms with Crippen molar-refractivity contribution < 1.29 is 19.0 Å². The number of methoxy groups -OCH3 is 1. The molecule has 2 aromatic carbocycles. The van der Waals surface area contributed by atoms with Crippen LogP contribution < -0.4 is 4.74 Å². The third-order valence-electron chi connectivity index (χ3n) is 5.23. The number of aliphatic hydroxyl groups is 1. The zero-order valence-corrected chi connectivity index (χ0v) is 19.0. The number of hydrogen-bond donors (Lipinski definition) is 1. The minimum atomic E-state index is -0.422. The molecule has 1 heterocycles. The minimum Gasteiger partial charge on any atom is -0.438 e. The lowest BCUT2D eigenvalue weighted by atomic mass is 10.1. The Labute approximate surface area is 189 Å². The summed E-state index contributed by atoms with van der Waals surface area (Å²) < 4.78 is 27.0. The Morgan fingerprint density at radius 3 is 2.62 bits per heavy atom. The Morgan fingerprint density at radius 1 is 1.16 bits per heavy atom. The first-order chi connectivity index (χ1) is 15.5. The van der Waals surface area contributed by atoms with Crippen molar-refractivity contribution in [1.29, 1.82) is 0 Å². The molecule has 0 aliphatic carbocycles. The normalized spacial score (nSPS) is 12.3. The van der Waals surface area contributed by atoms with Gasteiger partial charge in [-0.15, -0.1) is 0 Å². The highest BCUT2D eigenvalue weighted by Gasteiger charge is 2.22. The number of benzene rings is 2. The summed E-state index contributed by atoms with van der Waals surface area (Å²) in [6.45, 7) is 6.24. The number of ether oxygens (including phenoxy) is 2. The fourth-order valence-electron chi connectivity index (χ4n) is 3.61. The highest BCUT2D eigenvalue weighted by Crippen LogP contribution is 2.32. The Hall–Kier alpha value is -2.74. The lowest BCUT2D eigenvalue weighted by molar-refractivity contribution is 0.0795. The van der Waals surface area contributed by atoms with Gasteiger partial charge >= 0.3 is 0 Å². The van der Waals surface area contributed by atoms with E-state index in [1.165, 1.54) is 12.1 Å². The van der Waals surface area contributed by atoms with Crippen molar-refractivity contribution in [2.75, 3.05) is 26.8 Å². The van der Waals surface area contributed by atoms with E-state index in [4.69, 9.17) is 14.6 Å². The van der Waals surface area contributed by atoms with Gasteiger partial charge in [-0.1, -0.05) is 37.6 Å². The highest BCUT2D eigenvalue weighted by atomic mass is 19.1. The van der Waals surface area contributed by atoms with Gasteiger partial charge in [0.2, 0.25) is 5.88 Å². The molecule has 3 aromatic rings. The van der Waals surface area contributed by atoms with Gasteiger partial charge in [0.15, 0.2) is 0 Å². The monoisotopic (exact) mass is 441 g/mol. The van der Waals surface area contributed by atoms with Crippen molar-refractivity contribution >= 4 is 0 Å². The van der Waals surface area contributed by atoms with E-state index in [-0.39, 0.29) is 5.82 Å². The maximum atomic E-state index is 13.8. The van der Waals surface area contributed by atoms with Gasteiger partial charge in [-0.25, -0.2) is 9.07 Å². The van der Waals surface area contributed by atoms with Crippen molar-refractivity contribution in [3.8, 4) is 17.3 Å². The van der Waals surface area contributed by atoms with Crippen molar-refractivity contribution in [3.05, 3.63) is 71.7 Å². The van der Waals surface area contributed by atoms with Gasteiger partial charge in [0.05, 0.1) is 29.7 Å². The minimum absolute atomic E-state index is 0.365. The second kappa shape index (κ2) is 11.8. The van der Waals surface area contributed by atoms with Gasteiger partial charge < -0.3 is 14.6 Å². The first-order valence-electron chi connectivity index (χ1n) is 11.0. The SMILES string of the molecule is CCC[C@H](O)CN(CCOC)Cc1c(C)nn(-c2ccccc2)c1Oc1cccc(F)c1. The first-order valence-corrected chi connectivity index (χ1v) is 11.0. The Balaban J connectivity index is 1.98. The Bertz CT molecular complexity index is 978. The van der Waals surface area contributed by atoms with Gasteiger partial charge in [-0.05, 0) is 37.6 Å². The number of para-hydroxylation sites is 1. The van der Waals surface area contributed by atoms with Crippen LogP contribution in [0.4, 0.5) is 4.39 Å². The van der Waals surface area contributed by atoms with E-state index in [1.807, 2.05) is 37.3 Å². The topological polar surface area (TPSA) is 59.8 Å². The van der Waals surface area contributed by atoms with Gasteiger partial charge in [-0.2, -0.15) is 5.10 Å². The Morgan fingerprint density at radius 2 is 1.94 bits per heavy atom. The van der Waals surface area contributed by atoms with Crippen LogP contribution in [0.5, 0.6) is 11.6 Å². The molecule has 0 spiro atoms. The van der Waals surface area contributed by atoms with E-state index >= 15 is 0 Å². The maximum absolute atomic E-state index is 13.8. The number of aliphatic hydroxyl groups excluding tert-OH is 1. The van der Waals surface area contributed by atoms with Gasteiger partial charge in [0.25, 0.3) is 0 Å². The van der Waals surface area contributed by atoms with Crippen LogP contribution in [0.3, 0.4) is 0 Å². The molecule has 0 unspecified atom stereocenters. The smallest absolute Gasteiger partial charge is 0.227 e. The van der Waals surface area contributed by atoms with Crippen LogP contribution >= 0.6 is 0 Å². The summed E-state index contributed by atoms with van der Waals surface area (Å²) in [4.78, 5) is 2.14. The Kier molecular flexibility index (Phi) is 8.79. The molecule has 1 N–H and O–H groups in total. The molecule has 1 atom stereocenters. The third kappa shape index (κ3) is 6.38. The summed E-state index contributed by atoms with van der Waals surface area (Å²) in [7, 11) is 1.66. The molecule has 0 bridgehead atoms. The second-order valence-corrected chi connectivity index (χ2v) is 7.85. The molecule has 3 rings (SSSR count). The lowest BCUT2D eigenvalue weighted by Crippen LogP contribution is -2.34. The molecule has 6 nitrogen and oxygen atoms in total. The number of nitrogens with zero attached hydrogens (tertiary/aromatic N) is 3. The number of aromatic nitrogens is 2. The standard InChI is InChI=1S/C25H32FN3O3/c1-4-9-22(30)17-28(14-15-31-3)18-24-19(2)27-29(21-11-6-5-7-12-21)25(24)32-23-13-8-10-20(26)16-23/h5-8,10-13,16,22,30H,4,9,14-15,17-18H2,1-3H3/t22-/m0/s1.